The molecular weight excluding hydrogens is 160 g/mol. The SMILES string of the molecule is CC(C)C1C(CN)CC2CCC1N2. The third kappa shape index (κ3) is 1.62. The minimum atomic E-state index is 0.771. The van der Waals surface area contributed by atoms with Crippen LogP contribution in [0.25, 0.3) is 0 Å². The summed E-state index contributed by atoms with van der Waals surface area (Å²) < 4.78 is 0. The Bertz CT molecular complexity index is 179. The number of nitrogens with one attached hydrogen (secondary N) is 1. The van der Waals surface area contributed by atoms with Crippen LogP contribution in [0.15, 0.2) is 0 Å². The second kappa shape index (κ2) is 3.58. The number of hydrogen-bond donors (Lipinski definition) is 2. The second-order valence-corrected chi connectivity index (χ2v) is 5.10. The van der Waals surface area contributed by atoms with Gasteiger partial charge in [0.05, 0.1) is 0 Å². The van der Waals surface area contributed by atoms with Crippen molar-refractivity contribution in [2.24, 2.45) is 23.5 Å². The summed E-state index contributed by atoms with van der Waals surface area (Å²) in [7, 11) is 0. The molecule has 2 fully saturated rings. The zero-order valence-corrected chi connectivity index (χ0v) is 8.79. The summed E-state index contributed by atoms with van der Waals surface area (Å²) in [5.74, 6) is 2.38. The summed E-state index contributed by atoms with van der Waals surface area (Å²) in [6.07, 6.45) is 4.07. The van der Waals surface area contributed by atoms with Crippen LogP contribution in [0.3, 0.4) is 0 Å². The molecular formula is C11H22N2. The number of hydrogen-bond acceptors (Lipinski definition) is 2. The Morgan fingerprint density at radius 3 is 2.77 bits per heavy atom. The lowest BCUT2D eigenvalue weighted by molar-refractivity contribution is 0.148. The molecule has 2 saturated heterocycles. The molecule has 0 aromatic heterocycles. The van der Waals surface area contributed by atoms with Crippen LogP contribution >= 0.6 is 0 Å². The van der Waals surface area contributed by atoms with Crippen molar-refractivity contribution in [3.8, 4) is 0 Å². The molecule has 0 aromatic rings. The van der Waals surface area contributed by atoms with Crippen LogP contribution in [0, 0.1) is 17.8 Å². The summed E-state index contributed by atoms with van der Waals surface area (Å²) in [5, 5.41) is 3.73. The van der Waals surface area contributed by atoms with E-state index in [1.54, 1.807) is 0 Å². The van der Waals surface area contributed by atoms with Gasteiger partial charge < -0.3 is 11.1 Å². The second-order valence-electron chi connectivity index (χ2n) is 5.10. The summed E-state index contributed by atoms with van der Waals surface area (Å²) in [5.41, 5.74) is 5.86. The van der Waals surface area contributed by atoms with Crippen molar-refractivity contribution in [1.82, 2.24) is 5.32 Å². The van der Waals surface area contributed by atoms with Crippen molar-refractivity contribution < 1.29 is 0 Å². The third-order valence-electron chi connectivity index (χ3n) is 3.94. The predicted molar refractivity (Wildman–Crippen MR) is 55.4 cm³/mol. The zero-order chi connectivity index (χ0) is 9.42. The number of rotatable bonds is 2. The summed E-state index contributed by atoms with van der Waals surface area (Å²) in [4.78, 5) is 0. The van der Waals surface area contributed by atoms with Gasteiger partial charge in [0.25, 0.3) is 0 Å². The fourth-order valence-electron chi connectivity index (χ4n) is 3.45. The van der Waals surface area contributed by atoms with Gasteiger partial charge in [0.1, 0.15) is 0 Å². The normalized spacial score (nSPS) is 44.3. The molecule has 13 heavy (non-hydrogen) atoms. The maximum atomic E-state index is 5.86. The van der Waals surface area contributed by atoms with Crippen LogP contribution in [-0.2, 0) is 0 Å². The third-order valence-corrected chi connectivity index (χ3v) is 3.94. The van der Waals surface area contributed by atoms with Crippen LogP contribution in [0.1, 0.15) is 33.1 Å². The Morgan fingerprint density at radius 2 is 2.15 bits per heavy atom. The molecule has 2 rings (SSSR count). The van der Waals surface area contributed by atoms with Gasteiger partial charge in [0.2, 0.25) is 0 Å². The Hall–Kier alpha value is -0.0800. The summed E-state index contributed by atoms with van der Waals surface area (Å²) in [6, 6.07) is 1.56. The molecule has 2 aliphatic heterocycles. The molecule has 0 amide bonds. The minimum absolute atomic E-state index is 0.771. The first-order valence-corrected chi connectivity index (χ1v) is 5.68. The van der Waals surface area contributed by atoms with Crippen molar-refractivity contribution in [2.75, 3.05) is 6.54 Å². The Kier molecular flexibility index (Phi) is 2.61. The van der Waals surface area contributed by atoms with Gasteiger partial charge in [-0.05, 0) is 43.6 Å². The van der Waals surface area contributed by atoms with Gasteiger partial charge in [-0.3, -0.25) is 0 Å². The average molecular weight is 182 g/mol. The van der Waals surface area contributed by atoms with Crippen LogP contribution in [0.5, 0.6) is 0 Å². The van der Waals surface area contributed by atoms with Gasteiger partial charge in [0.15, 0.2) is 0 Å². The first kappa shape index (κ1) is 9.47. The topological polar surface area (TPSA) is 38.0 Å². The van der Waals surface area contributed by atoms with E-state index in [4.69, 9.17) is 5.73 Å². The van der Waals surface area contributed by atoms with Crippen LogP contribution < -0.4 is 11.1 Å². The molecule has 0 aliphatic carbocycles. The zero-order valence-electron chi connectivity index (χ0n) is 8.79. The number of piperidine rings is 1. The molecule has 4 unspecified atom stereocenters. The van der Waals surface area contributed by atoms with E-state index in [9.17, 15) is 0 Å². The van der Waals surface area contributed by atoms with E-state index in [2.05, 4.69) is 19.2 Å². The molecule has 3 N–H and O–H groups in total. The van der Waals surface area contributed by atoms with E-state index in [0.29, 0.717) is 0 Å². The van der Waals surface area contributed by atoms with E-state index in [-0.39, 0.29) is 0 Å². The molecule has 2 heteroatoms. The Morgan fingerprint density at radius 1 is 1.38 bits per heavy atom. The lowest BCUT2D eigenvalue weighted by atomic mass is 9.75. The Balaban J connectivity index is 2.10. The predicted octanol–water partition coefficient (Wildman–Crippen LogP) is 1.36. The first-order chi connectivity index (χ1) is 6.22. The molecule has 0 radical (unpaired) electrons. The van der Waals surface area contributed by atoms with Gasteiger partial charge in [0, 0.05) is 12.1 Å². The molecule has 0 saturated carbocycles. The van der Waals surface area contributed by atoms with Crippen molar-refractivity contribution >= 4 is 0 Å². The minimum Gasteiger partial charge on any atom is -0.330 e. The van der Waals surface area contributed by atoms with Gasteiger partial charge in [-0.25, -0.2) is 0 Å². The first-order valence-electron chi connectivity index (χ1n) is 5.68. The number of fused-ring (bicyclic) bond motifs is 2. The quantitative estimate of drug-likeness (QED) is 0.676. The van der Waals surface area contributed by atoms with Crippen molar-refractivity contribution in [3.63, 3.8) is 0 Å². The maximum Gasteiger partial charge on any atom is 0.0104 e. The van der Waals surface area contributed by atoms with Crippen molar-refractivity contribution in [3.05, 3.63) is 0 Å². The standard InChI is InChI=1S/C11H22N2/c1-7(2)11-8(6-12)5-9-3-4-10(11)13-9/h7-11,13H,3-6,12H2,1-2H3. The lowest BCUT2D eigenvalue weighted by Crippen LogP contribution is -2.49. The summed E-state index contributed by atoms with van der Waals surface area (Å²) in [6.45, 7) is 5.57. The lowest BCUT2D eigenvalue weighted by Gasteiger charge is -2.39. The molecule has 2 aliphatic rings. The molecule has 0 aromatic carbocycles. The largest absolute Gasteiger partial charge is 0.330 e. The highest BCUT2D eigenvalue weighted by atomic mass is 15.0. The van der Waals surface area contributed by atoms with Crippen LogP contribution in [0.4, 0.5) is 0 Å². The molecule has 76 valence electrons. The van der Waals surface area contributed by atoms with E-state index in [1.807, 2.05) is 0 Å². The molecule has 0 spiro atoms. The van der Waals surface area contributed by atoms with E-state index >= 15 is 0 Å². The van der Waals surface area contributed by atoms with Gasteiger partial charge in [-0.2, -0.15) is 0 Å². The van der Waals surface area contributed by atoms with Gasteiger partial charge in [-0.1, -0.05) is 13.8 Å². The van der Waals surface area contributed by atoms with Crippen LogP contribution in [-0.4, -0.2) is 18.6 Å². The average Bonchev–Trinajstić information content (AvgIpc) is 2.46. The van der Waals surface area contributed by atoms with Crippen LogP contribution in [0.2, 0.25) is 0 Å². The van der Waals surface area contributed by atoms with Gasteiger partial charge >= 0.3 is 0 Å². The highest BCUT2D eigenvalue weighted by Gasteiger charge is 2.41. The Labute approximate surface area is 81.3 Å². The number of nitrogens with two attached hydrogens (primary N) is 1. The highest BCUT2D eigenvalue weighted by Crippen LogP contribution is 2.38. The molecule has 2 bridgehead atoms. The fraction of sp³-hybridized carbons (Fsp3) is 1.00. The smallest absolute Gasteiger partial charge is 0.0104 e. The maximum absolute atomic E-state index is 5.86. The highest BCUT2D eigenvalue weighted by molar-refractivity contribution is 4.98. The molecule has 2 nitrogen and oxygen atoms in total. The van der Waals surface area contributed by atoms with E-state index in [1.165, 1.54) is 19.3 Å². The molecule has 4 atom stereocenters. The van der Waals surface area contributed by atoms with Gasteiger partial charge in [-0.15, -0.1) is 0 Å². The van der Waals surface area contributed by atoms with Crippen molar-refractivity contribution in [2.45, 2.75) is 45.2 Å². The van der Waals surface area contributed by atoms with Crippen molar-refractivity contribution in [1.29, 1.82) is 0 Å². The fourth-order valence-corrected chi connectivity index (χ4v) is 3.45. The monoisotopic (exact) mass is 182 g/mol. The van der Waals surface area contributed by atoms with E-state index in [0.717, 1.165) is 36.4 Å². The molecule has 2 heterocycles. The van der Waals surface area contributed by atoms with E-state index < -0.39 is 0 Å². The summed E-state index contributed by atoms with van der Waals surface area (Å²) >= 11 is 0.